The van der Waals surface area contributed by atoms with Crippen molar-refractivity contribution in [1.29, 1.82) is 0 Å². The van der Waals surface area contributed by atoms with Crippen molar-refractivity contribution in [3.63, 3.8) is 0 Å². The third kappa shape index (κ3) is 13.9. The average Bonchev–Trinajstić information content (AvgIpc) is 1.82. The number of aliphatic carboxylic acids is 3. The topological polar surface area (TPSA) is 258 Å². The fourth-order valence-electron chi connectivity index (χ4n) is 0.714. The fraction of sp³-hybridized carbons (Fsp3) is 0.500. The van der Waals surface area contributed by atoms with E-state index in [0.717, 1.165) is 0 Å². The molecule has 0 aliphatic carbocycles. The van der Waals surface area contributed by atoms with Crippen molar-refractivity contribution in [2.24, 2.45) is 0 Å². The van der Waals surface area contributed by atoms with Crippen LogP contribution in [0.5, 0.6) is 0 Å². The molecule has 0 unspecified atom stereocenters. The van der Waals surface area contributed by atoms with E-state index in [2.05, 4.69) is 0 Å². The molecule has 0 bridgehead atoms. The van der Waals surface area contributed by atoms with Gasteiger partial charge in [-0.25, -0.2) is 4.79 Å². The molecule has 0 aromatic carbocycles. The van der Waals surface area contributed by atoms with E-state index in [0.29, 0.717) is 0 Å². The van der Waals surface area contributed by atoms with Gasteiger partial charge in [-0.1, -0.05) is 0 Å². The van der Waals surface area contributed by atoms with Crippen LogP contribution in [-0.2, 0) is 14.4 Å². The van der Waals surface area contributed by atoms with Crippen molar-refractivity contribution >= 4 is 69.3 Å². The number of hydrogen-bond donors (Lipinski definition) is 4. The second-order valence-corrected chi connectivity index (χ2v) is 2.48. The van der Waals surface area contributed by atoms with Gasteiger partial charge in [0.2, 0.25) is 0 Å². The van der Waals surface area contributed by atoms with E-state index in [1.165, 1.54) is 0 Å². The number of carboxylic acid groups (broad SMARTS) is 3. The maximum atomic E-state index is 10.3. The normalized spacial score (nSPS) is 7.83. The van der Waals surface area contributed by atoms with E-state index in [-0.39, 0.29) is 73.3 Å². The van der Waals surface area contributed by atoms with Gasteiger partial charge in [0.1, 0.15) is 0 Å². The first-order chi connectivity index (χ1) is 5.78. The average molecular weight is 303 g/mol. The summed E-state index contributed by atoms with van der Waals surface area (Å²) < 4.78 is 0. The van der Waals surface area contributed by atoms with E-state index in [9.17, 15) is 14.4 Å². The monoisotopic (exact) mass is 303 g/mol. The Bertz CT molecular complexity index is 236. The van der Waals surface area contributed by atoms with Gasteiger partial charge in [-0.2, -0.15) is 0 Å². The Morgan fingerprint density at radius 3 is 1.11 bits per heavy atom. The molecule has 0 rings (SSSR count). The van der Waals surface area contributed by atoms with Gasteiger partial charge in [0.05, 0.1) is 12.8 Å². The first-order valence-corrected chi connectivity index (χ1v) is 3.17. The SMILES string of the molecule is O.O.O.O.O=C(O)CC(O)(CC(=O)O)C(=O)O.[K]. The molecular weight excluding hydrogens is 287 g/mol. The van der Waals surface area contributed by atoms with Crippen molar-refractivity contribution in [1.82, 2.24) is 0 Å². The Labute approximate surface area is 143 Å². The third-order valence-electron chi connectivity index (χ3n) is 1.29. The minimum atomic E-state index is -2.74. The van der Waals surface area contributed by atoms with E-state index < -0.39 is 36.4 Å². The predicted molar refractivity (Wildman–Crippen MR) is 57.3 cm³/mol. The van der Waals surface area contributed by atoms with Crippen molar-refractivity contribution in [2.75, 3.05) is 0 Å². The van der Waals surface area contributed by atoms with Gasteiger partial charge in [-0.3, -0.25) is 9.59 Å². The van der Waals surface area contributed by atoms with Gasteiger partial charge in [0, 0.05) is 51.4 Å². The maximum absolute atomic E-state index is 10.3. The second kappa shape index (κ2) is 14.9. The molecule has 12 N–H and O–H groups in total. The van der Waals surface area contributed by atoms with Crippen molar-refractivity contribution in [2.45, 2.75) is 18.4 Å². The van der Waals surface area contributed by atoms with Crippen LogP contribution in [0.25, 0.3) is 0 Å². The van der Waals surface area contributed by atoms with Crippen LogP contribution in [0.4, 0.5) is 0 Å². The molecule has 0 aliphatic heterocycles. The molecular formula is C6H16KO11. The molecule has 0 fully saturated rings. The summed E-state index contributed by atoms with van der Waals surface area (Å²) >= 11 is 0. The van der Waals surface area contributed by atoms with Gasteiger partial charge < -0.3 is 42.3 Å². The molecule has 0 spiro atoms. The summed E-state index contributed by atoms with van der Waals surface area (Å²) in [4.78, 5) is 30.5. The number of carboxylic acids is 3. The Hall–Kier alpha value is -0.154. The molecule has 0 aromatic heterocycles. The molecule has 0 saturated carbocycles. The largest absolute Gasteiger partial charge is 0.481 e. The molecule has 0 amide bonds. The van der Waals surface area contributed by atoms with Crippen LogP contribution in [-0.4, -0.2) is 117 Å². The van der Waals surface area contributed by atoms with Crippen LogP contribution in [0, 0.1) is 0 Å². The summed E-state index contributed by atoms with van der Waals surface area (Å²) in [6, 6.07) is 0. The van der Waals surface area contributed by atoms with Crippen LogP contribution in [0.2, 0.25) is 0 Å². The second-order valence-electron chi connectivity index (χ2n) is 2.48. The van der Waals surface area contributed by atoms with Crippen molar-refractivity contribution in [3.8, 4) is 0 Å². The van der Waals surface area contributed by atoms with Crippen LogP contribution >= 0.6 is 0 Å². The zero-order valence-electron chi connectivity index (χ0n) is 9.43. The zero-order chi connectivity index (χ0) is 10.6. The minimum Gasteiger partial charge on any atom is -0.481 e. The third-order valence-corrected chi connectivity index (χ3v) is 1.29. The van der Waals surface area contributed by atoms with Crippen LogP contribution in [0.15, 0.2) is 0 Å². The van der Waals surface area contributed by atoms with Gasteiger partial charge in [0.25, 0.3) is 0 Å². The fourth-order valence-corrected chi connectivity index (χ4v) is 0.714. The zero-order valence-corrected chi connectivity index (χ0v) is 12.6. The number of aliphatic hydroxyl groups is 1. The first kappa shape index (κ1) is 36.1. The van der Waals surface area contributed by atoms with E-state index in [1.807, 2.05) is 0 Å². The van der Waals surface area contributed by atoms with Gasteiger partial charge >= 0.3 is 17.9 Å². The van der Waals surface area contributed by atoms with Crippen molar-refractivity contribution < 1.29 is 56.7 Å². The molecule has 0 atom stereocenters. The Kier molecular flexibility index (Phi) is 29.9. The van der Waals surface area contributed by atoms with E-state index in [1.54, 1.807) is 0 Å². The first-order valence-electron chi connectivity index (χ1n) is 3.17. The predicted octanol–water partition coefficient (Wildman–Crippen LogP) is -4.93. The standard InChI is InChI=1S/C6H8O7.K.4H2O/c7-3(8)1-6(13,5(11)12)2-4(9)10;;;;;/h13H,1-2H2,(H,7,8)(H,9,10)(H,11,12);;4*1H2. The molecule has 1 radical (unpaired) electrons. The van der Waals surface area contributed by atoms with Gasteiger partial charge in [-0.05, 0) is 0 Å². The van der Waals surface area contributed by atoms with Crippen LogP contribution in [0.3, 0.4) is 0 Å². The van der Waals surface area contributed by atoms with E-state index >= 15 is 0 Å². The summed E-state index contributed by atoms with van der Waals surface area (Å²) in [5, 5.41) is 33.8. The van der Waals surface area contributed by atoms with Gasteiger partial charge in [0.15, 0.2) is 5.60 Å². The molecule has 12 heteroatoms. The molecule has 0 aromatic rings. The molecule has 18 heavy (non-hydrogen) atoms. The van der Waals surface area contributed by atoms with Crippen LogP contribution < -0.4 is 0 Å². The molecule has 0 saturated heterocycles. The summed E-state index contributed by atoms with van der Waals surface area (Å²) in [5.41, 5.74) is -2.74. The molecule has 0 heterocycles. The molecule has 0 aliphatic rings. The summed E-state index contributed by atoms with van der Waals surface area (Å²) in [7, 11) is 0. The smallest absolute Gasteiger partial charge is 0.336 e. The summed E-state index contributed by atoms with van der Waals surface area (Å²) in [5.74, 6) is -5.02. The van der Waals surface area contributed by atoms with E-state index in [4.69, 9.17) is 20.4 Å². The maximum Gasteiger partial charge on any atom is 0.336 e. The number of carbonyl (C=O) groups is 3. The van der Waals surface area contributed by atoms with Gasteiger partial charge in [-0.15, -0.1) is 0 Å². The Morgan fingerprint density at radius 1 is 0.778 bits per heavy atom. The van der Waals surface area contributed by atoms with Crippen molar-refractivity contribution in [3.05, 3.63) is 0 Å². The Morgan fingerprint density at radius 2 is 1.00 bits per heavy atom. The summed E-state index contributed by atoms with van der Waals surface area (Å²) in [6.07, 6.45) is -2.29. The Balaban J connectivity index is -0.0000000720. The molecule has 11 nitrogen and oxygen atoms in total. The minimum absolute atomic E-state index is 0. The quantitative estimate of drug-likeness (QED) is 0.359. The van der Waals surface area contributed by atoms with Crippen LogP contribution in [0.1, 0.15) is 12.8 Å². The number of hydrogen-bond acceptors (Lipinski definition) is 4. The number of rotatable bonds is 5. The molecule has 107 valence electrons. The summed E-state index contributed by atoms with van der Waals surface area (Å²) in [6.45, 7) is 0.